The van der Waals surface area contributed by atoms with Gasteiger partial charge in [-0.1, -0.05) is 0 Å². The fraction of sp³-hybridized carbons (Fsp3) is 0.417. The number of carbonyl (C=O) groups is 1. The minimum Gasteiger partial charge on any atom is -0.478 e. The van der Waals surface area contributed by atoms with E-state index in [-0.39, 0.29) is 5.56 Å². The Balaban J connectivity index is 1.64. The molecule has 100 valence electrons. The average molecular weight is 279 g/mol. The van der Waals surface area contributed by atoms with Crippen LogP contribution in [0.25, 0.3) is 0 Å². The molecule has 0 unspecified atom stereocenters. The second-order valence-electron chi connectivity index (χ2n) is 4.57. The standard InChI is InChI=1S/C12H13N3O3S/c1-6-9(11(16)17)4-8(18-6)5-13-12-14-10(15-19-12)7-2-3-7/h4,7H,2-3,5H2,1H3,(H,16,17)(H,13,14,15). The minimum absolute atomic E-state index is 0.202. The number of carboxylic acid groups (broad SMARTS) is 1. The predicted octanol–water partition coefficient (Wildman–Crippen LogP) is 2.63. The van der Waals surface area contributed by atoms with Crippen LogP contribution in [-0.2, 0) is 6.54 Å². The quantitative estimate of drug-likeness (QED) is 0.874. The Labute approximate surface area is 113 Å². The monoisotopic (exact) mass is 279 g/mol. The van der Waals surface area contributed by atoms with Gasteiger partial charge >= 0.3 is 5.97 Å². The summed E-state index contributed by atoms with van der Waals surface area (Å²) in [6, 6.07) is 1.54. The first-order valence-corrected chi connectivity index (χ1v) is 6.81. The van der Waals surface area contributed by atoms with E-state index in [1.54, 1.807) is 6.92 Å². The molecule has 0 aromatic carbocycles. The Kier molecular flexibility index (Phi) is 2.98. The Hall–Kier alpha value is -1.89. The summed E-state index contributed by atoms with van der Waals surface area (Å²) in [6.07, 6.45) is 2.35. The number of aromatic carboxylic acids is 1. The van der Waals surface area contributed by atoms with Crippen molar-refractivity contribution in [3.05, 3.63) is 29.0 Å². The SMILES string of the molecule is Cc1oc(CNc2nc(C3CC3)ns2)cc1C(=O)O. The molecule has 2 N–H and O–H groups in total. The van der Waals surface area contributed by atoms with Crippen LogP contribution in [0.3, 0.4) is 0 Å². The Morgan fingerprint density at radius 2 is 2.42 bits per heavy atom. The highest BCUT2D eigenvalue weighted by atomic mass is 32.1. The van der Waals surface area contributed by atoms with E-state index in [9.17, 15) is 4.79 Å². The number of nitrogens with one attached hydrogen (secondary N) is 1. The summed E-state index contributed by atoms with van der Waals surface area (Å²) in [4.78, 5) is 15.3. The summed E-state index contributed by atoms with van der Waals surface area (Å²) in [5.74, 6) is 1.48. The molecule has 0 saturated heterocycles. The van der Waals surface area contributed by atoms with Gasteiger partial charge in [0.15, 0.2) is 0 Å². The number of nitrogens with zero attached hydrogens (tertiary/aromatic N) is 2. The van der Waals surface area contributed by atoms with Gasteiger partial charge in [0, 0.05) is 17.5 Å². The average Bonchev–Trinajstić information content (AvgIpc) is 2.98. The molecule has 7 heteroatoms. The molecule has 0 spiro atoms. The summed E-state index contributed by atoms with van der Waals surface area (Å²) in [6.45, 7) is 2.05. The van der Waals surface area contributed by atoms with Crippen molar-refractivity contribution in [1.29, 1.82) is 0 Å². The highest BCUT2D eigenvalue weighted by Crippen LogP contribution is 2.39. The van der Waals surface area contributed by atoms with E-state index in [0.29, 0.717) is 24.0 Å². The van der Waals surface area contributed by atoms with E-state index in [0.717, 1.165) is 11.0 Å². The normalized spacial score (nSPS) is 14.6. The number of hydrogen-bond donors (Lipinski definition) is 2. The van der Waals surface area contributed by atoms with Crippen LogP contribution in [-0.4, -0.2) is 20.4 Å². The number of rotatable bonds is 5. The van der Waals surface area contributed by atoms with Crippen molar-refractivity contribution in [2.45, 2.75) is 32.2 Å². The first kappa shape index (κ1) is 12.2. The fourth-order valence-electron chi connectivity index (χ4n) is 1.82. The second-order valence-corrected chi connectivity index (χ2v) is 5.33. The van der Waals surface area contributed by atoms with Crippen LogP contribution < -0.4 is 5.32 Å². The van der Waals surface area contributed by atoms with Gasteiger partial charge in [-0.25, -0.2) is 9.78 Å². The van der Waals surface area contributed by atoms with Gasteiger partial charge in [0.1, 0.15) is 22.9 Å². The van der Waals surface area contributed by atoms with Crippen molar-refractivity contribution in [1.82, 2.24) is 9.36 Å². The third-order valence-electron chi connectivity index (χ3n) is 3.00. The van der Waals surface area contributed by atoms with Gasteiger partial charge in [-0.05, 0) is 25.8 Å². The lowest BCUT2D eigenvalue weighted by atomic mass is 10.2. The van der Waals surface area contributed by atoms with Gasteiger partial charge in [-0.15, -0.1) is 0 Å². The van der Waals surface area contributed by atoms with Crippen LogP contribution in [0.2, 0.25) is 0 Å². The third kappa shape index (κ3) is 2.60. The molecular formula is C12H13N3O3S. The smallest absolute Gasteiger partial charge is 0.339 e. The predicted molar refractivity (Wildman–Crippen MR) is 69.6 cm³/mol. The van der Waals surface area contributed by atoms with Crippen molar-refractivity contribution in [3.8, 4) is 0 Å². The van der Waals surface area contributed by atoms with E-state index < -0.39 is 5.97 Å². The second kappa shape index (κ2) is 4.65. The number of aromatic nitrogens is 2. The third-order valence-corrected chi connectivity index (χ3v) is 3.68. The first-order valence-electron chi connectivity index (χ1n) is 6.03. The zero-order chi connectivity index (χ0) is 13.4. The first-order chi connectivity index (χ1) is 9.13. The molecule has 2 heterocycles. The van der Waals surface area contributed by atoms with Crippen molar-refractivity contribution in [2.24, 2.45) is 0 Å². The van der Waals surface area contributed by atoms with Crippen LogP contribution in [0.4, 0.5) is 5.13 Å². The van der Waals surface area contributed by atoms with Crippen LogP contribution in [0.15, 0.2) is 10.5 Å². The maximum Gasteiger partial charge on any atom is 0.339 e. The number of furan rings is 1. The van der Waals surface area contributed by atoms with E-state index in [2.05, 4.69) is 14.7 Å². The highest BCUT2D eigenvalue weighted by molar-refractivity contribution is 7.09. The summed E-state index contributed by atoms with van der Waals surface area (Å²) in [5, 5.41) is 12.8. The summed E-state index contributed by atoms with van der Waals surface area (Å²) < 4.78 is 9.66. The molecule has 19 heavy (non-hydrogen) atoms. The van der Waals surface area contributed by atoms with Gasteiger partial charge in [0.2, 0.25) is 5.13 Å². The summed E-state index contributed by atoms with van der Waals surface area (Å²) in [7, 11) is 0. The van der Waals surface area contributed by atoms with E-state index >= 15 is 0 Å². The fourth-order valence-corrected chi connectivity index (χ4v) is 2.46. The molecule has 1 aliphatic rings. The number of carboxylic acids is 1. The maximum atomic E-state index is 10.9. The zero-order valence-corrected chi connectivity index (χ0v) is 11.2. The number of hydrogen-bond acceptors (Lipinski definition) is 6. The molecule has 3 rings (SSSR count). The zero-order valence-electron chi connectivity index (χ0n) is 10.3. The van der Waals surface area contributed by atoms with E-state index in [1.165, 1.54) is 30.4 Å². The van der Waals surface area contributed by atoms with Crippen molar-refractivity contribution >= 4 is 22.6 Å². The summed E-state index contributed by atoms with van der Waals surface area (Å²) in [5.41, 5.74) is 0.202. The molecule has 6 nitrogen and oxygen atoms in total. The van der Waals surface area contributed by atoms with E-state index in [4.69, 9.17) is 9.52 Å². The lowest BCUT2D eigenvalue weighted by Gasteiger charge is -1.97. The molecule has 2 aromatic rings. The molecule has 0 bridgehead atoms. The molecule has 1 fully saturated rings. The van der Waals surface area contributed by atoms with Crippen LogP contribution >= 0.6 is 11.5 Å². The highest BCUT2D eigenvalue weighted by Gasteiger charge is 2.27. The van der Waals surface area contributed by atoms with Crippen molar-refractivity contribution in [2.75, 3.05) is 5.32 Å². The van der Waals surface area contributed by atoms with Crippen LogP contribution in [0.5, 0.6) is 0 Å². The molecule has 1 aliphatic carbocycles. The van der Waals surface area contributed by atoms with Crippen molar-refractivity contribution < 1.29 is 14.3 Å². The lowest BCUT2D eigenvalue weighted by molar-refractivity contribution is 0.0695. The largest absolute Gasteiger partial charge is 0.478 e. The molecule has 0 aliphatic heterocycles. The van der Waals surface area contributed by atoms with Crippen LogP contribution in [0.1, 0.15) is 46.5 Å². The topological polar surface area (TPSA) is 88.3 Å². The Morgan fingerprint density at radius 3 is 3.05 bits per heavy atom. The molecule has 2 aromatic heterocycles. The molecule has 0 amide bonds. The molecule has 0 radical (unpaired) electrons. The van der Waals surface area contributed by atoms with Gasteiger partial charge in [-0.2, -0.15) is 4.37 Å². The van der Waals surface area contributed by atoms with Gasteiger partial charge in [0.05, 0.1) is 6.54 Å². The number of anilines is 1. The molecule has 0 atom stereocenters. The van der Waals surface area contributed by atoms with Crippen LogP contribution in [0, 0.1) is 6.92 Å². The van der Waals surface area contributed by atoms with Crippen molar-refractivity contribution in [3.63, 3.8) is 0 Å². The molecular weight excluding hydrogens is 266 g/mol. The summed E-state index contributed by atoms with van der Waals surface area (Å²) >= 11 is 1.32. The number of aryl methyl sites for hydroxylation is 1. The molecule has 1 saturated carbocycles. The minimum atomic E-state index is -0.973. The van der Waals surface area contributed by atoms with Gasteiger partial charge < -0.3 is 14.8 Å². The van der Waals surface area contributed by atoms with Gasteiger partial charge in [0.25, 0.3) is 0 Å². The van der Waals surface area contributed by atoms with Gasteiger partial charge in [-0.3, -0.25) is 0 Å². The Bertz CT molecular complexity index is 616. The lowest BCUT2D eigenvalue weighted by Crippen LogP contribution is -1.98. The Morgan fingerprint density at radius 1 is 1.63 bits per heavy atom. The maximum absolute atomic E-state index is 10.9. The van der Waals surface area contributed by atoms with E-state index in [1.807, 2.05) is 0 Å².